The fourth-order valence-corrected chi connectivity index (χ4v) is 1.51. The molecule has 18 heavy (non-hydrogen) atoms. The topological polar surface area (TPSA) is 69.0 Å². The summed E-state index contributed by atoms with van der Waals surface area (Å²) in [6.07, 6.45) is 2.75. The number of hydrogen-bond donors (Lipinski definition) is 1. The molecule has 2 rings (SSSR count). The Balaban J connectivity index is 2.15. The molecule has 0 saturated carbocycles. The van der Waals surface area contributed by atoms with E-state index in [1.165, 1.54) is 0 Å². The molecule has 6 nitrogen and oxygen atoms in total. The molecule has 0 spiro atoms. The van der Waals surface area contributed by atoms with Gasteiger partial charge in [0.2, 0.25) is 0 Å². The number of nitrogens with zero attached hydrogens (tertiary/aromatic N) is 3. The highest BCUT2D eigenvalue weighted by Crippen LogP contribution is 2.15. The molecule has 1 N–H and O–H groups in total. The zero-order valence-corrected chi connectivity index (χ0v) is 10.9. The van der Waals surface area contributed by atoms with E-state index in [9.17, 15) is 4.79 Å². The number of hydrogen-bond acceptors (Lipinski definition) is 4. The summed E-state index contributed by atoms with van der Waals surface area (Å²) in [7, 11) is 1.86. The number of carbonyl (C=O) groups excluding carboxylic acids is 1. The molecular weight excluding hydrogens is 232 g/mol. The minimum atomic E-state index is -0.521. The third kappa shape index (κ3) is 2.77. The van der Waals surface area contributed by atoms with Crippen molar-refractivity contribution in [2.24, 2.45) is 7.05 Å². The number of aromatic nitrogens is 3. The van der Waals surface area contributed by atoms with Crippen LogP contribution >= 0.6 is 0 Å². The number of fused-ring (bicyclic) bond motifs is 1. The van der Waals surface area contributed by atoms with Gasteiger partial charge < -0.3 is 9.30 Å². The quantitative estimate of drug-likeness (QED) is 0.840. The number of ether oxygens (including phenoxy) is 1. The maximum atomic E-state index is 11.6. The maximum Gasteiger partial charge on any atom is 0.412 e. The van der Waals surface area contributed by atoms with Gasteiger partial charge in [-0.3, -0.25) is 5.32 Å². The molecule has 0 aliphatic rings. The summed E-state index contributed by atoms with van der Waals surface area (Å²) in [5, 5.41) is 2.63. The zero-order valence-electron chi connectivity index (χ0n) is 10.9. The summed E-state index contributed by atoms with van der Waals surface area (Å²) in [5.74, 6) is 0. The highest BCUT2D eigenvalue weighted by molar-refractivity contribution is 5.87. The van der Waals surface area contributed by atoms with E-state index in [4.69, 9.17) is 4.74 Å². The number of pyridine rings is 1. The van der Waals surface area contributed by atoms with Gasteiger partial charge in [0.05, 0.1) is 18.2 Å². The van der Waals surface area contributed by atoms with Crippen LogP contribution in [0.1, 0.15) is 20.8 Å². The van der Waals surface area contributed by atoms with Crippen LogP contribution in [0.5, 0.6) is 0 Å². The molecule has 2 aromatic heterocycles. The molecule has 0 unspecified atom stereocenters. The van der Waals surface area contributed by atoms with Crippen LogP contribution in [0.2, 0.25) is 0 Å². The number of nitrogens with one attached hydrogen (secondary N) is 1. The Hall–Kier alpha value is -2.11. The Morgan fingerprint density at radius 2 is 2.11 bits per heavy atom. The second-order valence-corrected chi connectivity index (χ2v) is 5.05. The van der Waals surface area contributed by atoms with Crippen molar-refractivity contribution in [3.05, 3.63) is 18.6 Å². The van der Waals surface area contributed by atoms with Crippen molar-refractivity contribution < 1.29 is 9.53 Å². The van der Waals surface area contributed by atoms with Gasteiger partial charge in [0.25, 0.3) is 0 Å². The molecule has 2 heterocycles. The second kappa shape index (κ2) is 4.29. The molecule has 0 fully saturated rings. The van der Waals surface area contributed by atoms with E-state index >= 15 is 0 Å². The van der Waals surface area contributed by atoms with Gasteiger partial charge in [0, 0.05) is 7.05 Å². The van der Waals surface area contributed by atoms with E-state index in [2.05, 4.69) is 15.3 Å². The second-order valence-electron chi connectivity index (χ2n) is 5.05. The smallest absolute Gasteiger partial charge is 0.412 e. The summed E-state index contributed by atoms with van der Waals surface area (Å²) < 4.78 is 6.97. The predicted molar refractivity (Wildman–Crippen MR) is 68.4 cm³/mol. The molecule has 96 valence electrons. The average molecular weight is 248 g/mol. The van der Waals surface area contributed by atoms with E-state index < -0.39 is 11.7 Å². The first-order valence-corrected chi connectivity index (χ1v) is 5.62. The minimum Gasteiger partial charge on any atom is -0.444 e. The van der Waals surface area contributed by atoms with E-state index in [0.29, 0.717) is 5.69 Å². The van der Waals surface area contributed by atoms with Crippen LogP contribution in [0.3, 0.4) is 0 Å². The normalized spacial score (nSPS) is 11.6. The van der Waals surface area contributed by atoms with Crippen LogP contribution in [-0.4, -0.2) is 26.2 Å². The molecule has 1 amide bonds. The largest absolute Gasteiger partial charge is 0.444 e. The van der Waals surface area contributed by atoms with Crippen molar-refractivity contribution in [1.29, 1.82) is 0 Å². The summed E-state index contributed by atoms with van der Waals surface area (Å²) in [4.78, 5) is 20.0. The van der Waals surface area contributed by atoms with Gasteiger partial charge >= 0.3 is 6.09 Å². The fourth-order valence-electron chi connectivity index (χ4n) is 1.51. The zero-order chi connectivity index (χ0) is 13.3. The first-order chi connectivity index (χ1) is 8.35. The number of anilines is 1. The number of aryl methyl sites for hydroxylation is 1. The minimum absolute atomic E-state index is 0.500. The molecule has 0 radical (unpaired) electrons. The number of imidazole rings is 1. The lowest BCUT2D eigenvalue weighted by Crippen LogP contribution is -2.27. The number of carbonyl (C=O) groups is 1. The molecule has 0 aliphatic heterocycles. The summed E-state index contributed by atoms with van der Waals surface area (Å²) in [6.45, 7) is 5.44. The molecule has 0 bridgehead atoms. The standard InChI is InChI=1S/C12H16N4O2/c1-12(2,3)18-11(17)15-8-5-9-10(13-6-8)16(4)7-14-9/h5-7H,1-4H3,(H,15,17). The van der Waals surface area contributed by atoms with E-state index in [0.717, 1.165) is 11.2 Å². The van der Waals surface area contributed by atoms with Crippen molar-refractivity contribution >= 4 is 22.9 Å². The monoisotopic (exact) mass is 248 g/mol. The number of amides is 1. The van der Waals surface area contributed by atoms with E-state index in [1.54, 1.807) is 18.6 Å². The summed E-state index contributed by atoms with van der Waals surface area (Å²) in [6, 6.07) is 1.76. The number of rotatable bonds is 1. The van der Waals surface area contributed by atoms with Crippen LogP contribution in [0, 0.1) is 0 Å². The molecule has 0 aliphatic carbocycles. The lowest BCUT2D eigenvalue weighted by atomic mass is 10.2. The van der Waals surface area contributed by atoms with E-state index in [1.807, 2.05) is 32.4 Å². The van der Waals surface area contributed by atoms with Crippen LogP contribution in [0.25, 0.3) is 11.2 Å². The average Bonchev–Trinajstić information content (AvgIpc) is 2.57. The van der Waals surface area contributed by atoms with Crippen molar-refractivity contribution in [2.75, 3.05) is 5.32 Å². The SMILES string of the molecule is Cn1cnc2cc(NC(=O)OC(C)(C)C)cnc21. The molecule has 0 atom stereocenters. The Labute approximate surface area is 105 Å². The Bertz CT molecular complexity index is 583. The Morgan fingerprint density at radius 1 is 1.39 bits per heavy atom. The summed E-state index contributed by atoms with van der Waals surface area (Å²) >= 11 is 0. The molecular formula is C12H16N4O2. The van der Waals surface area contributed by atoms with Crippen LogP contribution < -0.4 is 5.32 Å². The fraction of sp³-hybridized carbons (Fsp3) is 0.417. The van der Waals surface area contributed by atoms with Gasteiger partial charge in [-0.2, -0.15) is 0 Å². The molecule has 6 heteroatoms. The van der Waals surface area contributed by atoms with Crippen molar-refractivity contribution in [3.8, 4) is 0 Å². The van der Waals surface area contributed by atoms with Gasteiger partial charge in [-0.15, -0.1) is 0 Å². The van der Waals surface area contributed by atoms with Gasteiger partial charge in [-0.1, -0.05) is 0 Å². The lowest BCUT2D eigenvalue weighted by Gasteiger charge is -2.19. The molecule has 2 aromatic rings. The van der Waals surface area contributed by atoms with Crippen LogP contribution in [0.15, 0.2) is 18.6 Å². The van der Waals surface area contributed by atoms with Gasteiger partial charge in [0.15, 0.2) is 5.65 Å². The maximum absolute atomic E-state index is 11.6. The third-order valence-corrected chi connectivity index (χ3v) is 2.20. The van der Waals surface area contributed by atoms with Gasteiger partial charge in [0.1, 0.15) is 11.1 Å². The highest BCUT2D eigenvalue weighted by Gasteiger charge is 2.16. The first kappa shape index (κ1) is 12.3. The predicted octanol–water partition coefficient (Wildman–Crippen LogP) is 2.32. The first-order valence-electron chi connectivity index (χ1n) is 5.62. The molecule has 0 aromatic carbocycles. The lowest BCUT2D eigenvalue weighted by molar-refractivity contribution is 0.0636. The van der Waals surface area contributed by atoms with Crippen molar-refractivity contribution in [1.82, 2.24) is 14.5 Å². The van der Waals surface area contributed by atoms with Gasteiger partial charge in [-0.05, 0) is 26.8 Å². The van der Waals surface area contributed by atoms with Crippen LogP contribution in [0.4, 0.5) is 10.5 Å². The molecule has 0 saturated heterocycles. The van der Waals surface area contributed by atoms with Crippen LogP contribution in [-0.2, 0) is 11.8 Å². The Morgan fingerprint density at radius 3 is 2.78 bits per heavy atom. The van der Waals surface area contributed by atoms with Crippen molar-refractivity contribution in [2.45, 2.75) is 26.4 Å². The van der Waals surface area contributed by atoms with Gasteiger partial charge in [-0.25, -0.2) is 14.8 Å². The highest BCUT2D eigenvalue weighted by atomic mass is 16.6. The Kier molecular flexibility index (Phi) is 2.94. The third-order valence-electron chi connectivity index (χ3n) is 2.20. The summed E-state index contributed by atoms with van der Waals surface area (Å²) in [5.41, 5.74) is 1.54. The van der Waals surface area contributed by atoms with Crippen molar-refractivity contribution in [3.63, 3.8) is 0 Å². The van der Waals surface area contributed by atoms with E-state index in [-0.39, 0.29) is 0 Å².